The molecule has 0 unspecified atom stereocenters. The number of esters is 3. The predicted octanol–water partition coefficient (Wildman–Crippen LogP) is 5.88. The van der Waals surface area contributed by atoms with E-state index in [1.54, 1.807) is 6.07 Å². The van der Waals surface area contributed by atoms with E-state index in [1.807, 2.05) is 64.1 Å². The maximum atomic E-state index is 11.6. The summed E-state index contributed by atoms with van der Waals surface area (Å²) in [5, 5.41) is 0. The Balaban J connectivity index is 2.26. The summed E-state index contributed by atoms with van der Waals surface area (Å²) in [6.07, 6.45) is 0. The van der Waals surface area contributed by atoms with Crippen molar-refractivity contribution in [2.45, 2.75) is 54.4 Å². The van der Waals surface area contributed by atoms with Gasteiger partial charge in [-0.15, -0.1) is 0 Å². The van der Waals surface area contributed by atoms with Gasteiger partial charge in [0.1, 0.15) is 11.5 Å². The fraction of sp³-hybridized carbons (Fsp3) is 0.300. The minimum atomic E-state index is -0.442. The maximum absolute atomic E-state index is 11.6. The molecule has 0 fully saturated rings. The molecule has 0 N–H and O–H groups in total. The van der Waals surface area contributed by atoms with Gasteiger partial charge in [0.05, 0.1) is 7.11 Å². The maximum Gasteiger partial charge on any atom is 0.308 e. The zero-order valence-electron chi connectivity index (χ0n) is 22.5. The van der Waals surface area contributed by atoms with Crippen LogP contribution in [0.2, 0.25) is 0 Å². The molecule has 7 nitrogen and oxygen atoms in total. The topological polar surface area (TPSA) is 88.1 Å². The van der Waals surface area contributed by atoms with Gasteiger partial charge in [0, 0.05) is 26.7 Å². The fourth-order valence-corrected chi connectivity index (χ4v) is 4.59. The highest BCUT2D eigenvalue weighted by Gasteiger charge is 2.23. The van der Waals surface area contributed by atoms with Crippen molar-refractivity contribution in [1.29, 1.82) is 0 Å². The molecule has 0 radical (unpaired) electrons. The molecular weight excluding hydrogens is 472 g/mol. The zero-order valence-corrected chi connectivity index (χ0v) is 22.5. The van der Waals surface area contributed by atoms with Crippen molar-refractivity contribution in [3.8, 4) is 23.0 Å². The molecule has 0 aromatic heterocycles. The van der Waals surface area contributed by atoms with Gasteiger partial charge >= 0.3 is 17.9 Å². The van der Waals surface area contributed by atoms with Crippen LogP contribution in [0.15, 0.2) is 42.5 Å². The molecule has 0 heterocycles. The summed E-state index contributed by atoms with van der Waals surface area (Å²) < 4.78 is 21.7. The Bertz CT molecular complexity index is 1250. The summed E-state index contributed by atoms with van der Waals surface area (Å²) in [6, 6.07) is 13.4. The van der Waals surface area contributed by atoms with Crippen molar-refractivity contribution in [1.82, 2.24) is 0 Å². The lowest BCUT2D eigenvalue weighted by Crippen LogP contribution is -2.10. The summed E-state index contributed by atoms with van der Waals surface area (Å²) in [4.78, 5) is 34.8. The summed E-state index contributed by atoms with van der Waals surface area (Å²) >= 11 is 0. The van der Waals surface area contributed by atoms with Crippen LogP contribution < -0.4 is 18.9 Å². The molecule has 194 valence electrons. The van der Waals surface area contributed by atoms with Gasteiger partial charge in [0.2, 0.25) is 0 Å². The monoisotopic (exact) mass is 504 g/mol. The van der Waals surface area contributed by atoms with Crippen LogP contribution in [0.1, 0.15) is 65.6 Å². The lowest BCUT2D eigenvalue weighted by Gasteiger charge is -2.24. The molecule has 0 bridgehead atoms. The molecule has 0 saturated heterocycles. The lowest BCUT2D eigenvalue weighted by molar-refractivity contribution is -0.132. The van der Waals surface area contributed by atoms with E-state index in [-0.39, 0.29) is 17.9 Å². The molecule has 37 heavy (non-hydrogen) atoms. The second kappa shape index (κ2) is 11.3. The third-order valence-electron chi connectivity index (χ3n) is 5.90. The first-order chi connectivity index (χ1) is 17.4. The molecule has 0 spiro atoms. The Morgan fingerprint density at radius 3 is 1.32 bits per heavy atom. The standard InChI is InChI=1S/C30H32O7/c1-16-11-24(12-17(2)29(16)36-21(6)32)28(23-9-10-26(35-20(5)31)27(15-23)34-8)25-13-18(3)30(19(4)14-25)37-22(7)33/h9-15,28H,1-8H3. The number of hydrogen-bond acceptors (Lipinski definition) is 7. The quantitative estimate of drug-likeness (QED) is 0.225. The molecule has 3 aromatic carbocycles. The van der Waals surface area contributed by atoms with E-state index in [4.69, 9.17) is 18.9 Å². The molecule has 0 atom stereocenters. The minimum Gasteiger partial charge on any atom is -0.493 e. The molecule has 0 aliphatic heterocycles. The average molecular weight is 505 g/mol. The van der Waals surface area contributed by atoms with Crippen LogP contribution in [0.5, 0.6) is 23.0 Å². The van der Waals surface area contributed by atoms with Gasteiger partial charge < -0.3 is 18.9 Å². The van der Waals surface area contributed by atoms with Crippen LogP contribution in [0.25, 0.3) is 0 Å². The average Bonchev–Trinajstić information content (AvgIpc) is 2.79. The molecule has 0 aliphatic carbocycles. The molecular formula is C30H32O7. The van der Waals surface area contributed by atoms with Crippen LogP contribution in [0.4, 0.5) is 0 Å². The molecule has 0 amide bonds. The van der Waals surface area contributed by atoms with Crippen LogP contribution >= 0.6 is 0 Å². The molecule has 7 heteroatoms. The first kappa shape index (κ1) is 27.5. The van der Waals surface area contributed by atoms with Crippen molar-refractivity contribution in [3.63, 3.8) is 0 Å². The number of carbonyl (C=O) groups excluding carboxylic acids is 3. The Morgan fingerprint density at radius 1 is 0.568 bits per heavy atom. The summed E-state index contributed by atoms with van der Waals surface area (Å²) in [5.74, 6) is 0.364. The van der Waals surface area contributed by atoms with E-state index in [1.165, 1.54) is 27.9 Å². The van der Waals surface area contributed by atoms with E-state index in [0.29, 0.717) is 23.0 Å². The summed E-state index contributed by atoms with van der Waals surface area (Å²) in [7, 11) is 1.52. The van der Waals surface area contributed by atoms with E-state index in [0.717, 1.165) is 38.9 Å². The van der Waals surface area contributed by atoms with Gasteiger partial charge in [-0.1, -0.05) is 30.3 Å². The van der Waals surface area contributed by atoms with Gasteiger partial charge in [-0.25, -0.2) is 0 Å². The number of methoxy groups -OCH3 is 1. The predicted molar refractivity (Wildman–Crippen MR) is 140 cm³/mol. The Labute approximate surface area is 217 Å². The third-order valence-corrected chi connectivity index (χ3v) is 5.90. The first-order valence-corrected chi connectivity index (χ1v) is 11.9. The number of aryl methyl sites for hydroxylation is 4. The second-order valence-electron chi connectivity index (χ2n) is 9.09. The Kier molecular flexibility index (Phi) is 8.38. The van der Waals surface area contributed by atoms with E-state index >= 15 is 0 Å². The molecule has 3 rings (SSSR count). The highest BCUT2D eigenvalue weighted by atomic mass is 16.6. The van der Waals surface area contributed by atoms with Gasteiger partial charge in [0.15, 0.2) is 11.5 Å². The van der Waals surface area contributed by atoms with Crippen LogP contribution in [-0.4, -0.2) is 25.0 Å². The fourth-order valence-electron chi connectivity index (χ4n) is 4.59. The Morgan fingerprint density at radius 2 is 0.973 bits per heavy atom. The highest BCUT2D eigenvalue weighted by molar-refractivity contribution is 5.72. The van der Waals surface area contributed by atoms with Gasteiger partial charge in [-0.3, -0.25) is 14.4 Å². The smallest absolute Gasteiger partial charge is 0.308 e. The molecule has 0 aliphatic rings. The lowest BCUT2D eigenvalue weighted by atomic mass is 9.82. The van der Waals surface area contributed by atoms with Crippen molar-refractivity contribution in [3.05, 3.63) is 81.4 Å². The SMILES string of the molecule is COc1cc(C(c2cc(C)c(OC(C)=O)c(C)c2)c2cc(C)c(OC(C)=O)c(C)c2)ccc1OC(C)=O. The third kappa shape index (κ3) is 6.36. The molecule has 3 aromatic rings. The minimum absolute atomic E-state index is 0.257. The van der Waals surface area contributed by atoms with Gasteiger partial charge in [-0.2, -0.15) is 0 Å². The normalized spacial score (nSPS) is 10.7. The summed E-state index contributed by atoms with van der Waals surface area (Å²) in [6.45, 7) is 11.7. The van der Waals surface area contributed by atoms with Gasteiger partial charge in [-0.05, 0) is 78.8 Å². The number of hydrogen-bond donors (Lipinski definition) is 0. The second-order valence-corrected chi connectivity index (χ2v) is 9.09. The first-order valence-electron chi connectivity index (χ1n) is 11.9. The number of ether oxygens (including phenoxy) is 4. The summed E-state index contributed by atoms with van der Waals surface area (Å²) in [5.41, 5.74) is 6.12. The largest absolute Gasteiger partial charge is 0.493 e. The van der Waals surface area contributed by atoms with Crippen molar-refractivity contribution in [2.75, 3.05) is 7.11 Å². The number of rotatable bonds is 7. The van der Waals surface area contributed by atoms with Crippen LogP contribution in [0, 0.1) is 27.7 Å². The van der Waals surface area contributed by atoms with E-state index in [2.05, 4.69) is 0 Å². The molecule has 0 saturated carbocycles. The zero-order chi connectivity index (χ0) is 27.4. The van der Waals surface area contributed by atoms with E-state index < -0.39 is 5.97 Å². The highest BCUT2D eigenvalue weighted by Crippen LogP contribution is 2.41. The van der Waals surface area contributed by atoms with E-state index in [9.17, 15) is 14.4 Å². The van der Waals surface area contributed by atoms with Crippen molar-refractivity contribution >= 4 is 17.9 Å². The van der Waals surface area contributed by atoms with Crippen LogP contribution in [0.3, 0.4) is 0 Å². The number of benzene rings is 3. The number of carbonyl (C=O) groups is 3. The van der Waals surface area contributed by atoms with Crippen molar-refractivity contribution < 1.29 is 33.3 Å². The van der Waals surface area contributed by atoms with Crippen LogP contribution in [-0.2, 0) is 14.4 Å². The van der Waals surface area contributed by atoms with Crippen molar-refractivity contribution in [2.24, 2.45) is 0 Å². The van der Waals surface area contributed by atoms with Gasteiger partial charge in [0.25, 0.3) is 0 Å². The Hall–Kier alpha value is -4.13.